The highest BCUT2D eigenvalue weighted by atomic mass is 31.2. The Bertz CT molecular complexity index is 2150. The second kappa shape index (κ2) is 14.5. The molecule has 0 aromatic heterocycles. The van der Waals surface area contributed by atoms with Gasteiger partial charge in [0.25, 0.3) is 0 Å². The maximum absolute atomic E-state index is 6.36. The van der Waals surface area contributed by atoms with Gasteiger partial charge in [-0.05, 0) is 72.8 Å². The number of rotatable bonds is 4. The molecule has 2 aliphatic heterocycles. The molecular weight excluding hydrogens is 682 g/mol. The van der Waals surface area contributed by atoms with Crippen LogP contribution in [0.2, 0.25) is 0 Å². The number of benzene rings is 8. The topological polar surface area (TPSA) is 36.9 Å². The van der Waals surface area contributed by atoms with Gasteiger partial charge in [0.15, 0.2) is 0 Å². The van der Waals surface area contributed by atoms with Crippen LogP contribution >= 0.6 is 7.26 Å². The van der Waals surface area contributed by atoms with Crippen molar-refractivity contribution in [3.8, 4) is 45.3 Å². The first-order valence-electron chi connectivity index (χ1n) is 18.1. The average Bonchev–Trinajstić information content (AvgIpc) is 3.47. The van der Waals surface area contributed by atoms with Gasteiger partial charge in [0.05, 0.1) is 23.0 Å². The Balaban J connectivity index is 0.000000144. The van der Waals surface area contributed by atoms with Gasteiger partial charge in [-0.1, -0.05) is 146 Å². The lowest BCUT2D eigenvalue weighted by atomic mass is 10.0. The largest absolute Gasteiger partial charge is 0.777 e. The van der Waals surface area contributed by atoms with Crippen molar-refractivity contribution in [3.05, 3.63) is 218 Å². The predicted octanol–water partition coefficient (Wildman–Crippen LogP) is 10.0. The fourth-order valence-electron chi connectivity index (χ4n) is 7.43. The number of hydrogen-bond donors (Lipinski definition) is 0. The third kappa shape index (κ3) is 6.09. The lowest BCUT2D eigenvalue weighted by molar-refractivity contribution is 0.167. The van der Waals surface area contributed by atoms with Gasteiger partial charge in [-0.25, -0.2) is 0 Å². The summed E-state index contributed by atoms with van der Waals surface area (Å²) >= 11 is 0. The number of fused-ring (bicyclic) bond motifs is 6. The summed E-state index contributed by atoms with van der Waals surface area (Å²) in [4.78, 5) is 0. The molecule has 0 saturated carbocycles. The highest BCUT2D eigenvalue weighted by Crippen LogP contribution is 2.54. The van der Waals surface area contributed by atoms with E-state index in [2.05, 4.69) is 121 Å². The fourth-order valence-corrected chi connectivity index (χ4v) is 11.7. The minimum absolute atomic E-state index is 0.648. The van der Waals surface area contributed by atoms with E-state index in [-0.39, 0.29) is 0 Å². The van der Waals surface area contributed by atoms with Crippen LogP contribution in [0, 0.1) is 0 Å². The summed E-state index contributed by atoms with van der Waals surface area (Å²) in [6.45, 7) is -2.64. The first-order chi connectivity index (χ1) is 26.7. The van der Waals surface area contributed by atoms with Gasteiger partial charge < -0.3 is 18.6 Å². The van der Waals surface area contributed by atoms with E-state index in [0.29, 0.717) is 23.0 Å². The molecule has 8 aromatic carbocycles. The average molecular weight is 719 g/mol. The molecule has 260 valence electrons. The molecule has 0 radical (unpaired) electrons. The minimum atomic E-state index is -2.64. The van der Waals surface area contributed by atoms with Gasteiger partial charge in [-0.3, -0.25) is 0 Å². The van der Waals surface area contributed by atoms with E-state index in [1.54, 1.807) is 0 Å². The first-order valence-corrected chi connectivity index (χ1v) is 19.9. The van der Waals surface area contributed by atoms with Gasteiger partial charge >= 0.3 is 6.96 Å². The Morgan fingerprint density at radius 1 is 0.241 bits per heavy atom. The lowest BCUT2D eigenvalue weighted by Gasteiger charge is -2.39. The molecule has 1 spiro atoms. The van der Waals surface area contributed by atoms with E-state index in [1.165, 1.54) is 21.2 Å². The SMILES string of the molecule is c1ccc([P+](c2ccccc2)(c2ccccc2)c2ccccc2)cc1.c1ccc2c(c1)O[B-]1(Oc3ccccc3-2)Oc2ccccc2-c2ccccc2O1. The quantitative estimate of drug-likeness (QED) is 0.134. The summed E-state index contributed by atoms with van der Waals surface area (Å²) in [6.07, 6.45) is 0. The summed E-state index contributed by atoms with van der Waals surface area (Å²) in [5, 5.41) is 5.55. The third-order valence-electron chi connectivity index (χ3n) is 9.79. The van der Waals surface area contributed by atoms with E-state index in [4.69, 9.17) is 18.6 Å². The first kappa shape index (κ1) is 33.3. The van der Waals surface area contributed by atoms with E-state index >= 15 is 0 Å². The van der Waals surface area contributed by atoms with Crippen molar-refractivity contribution in [1.82, 2.24) is 0 Å². The molecule has 0 fully saturated rings. The fraction of sp³-hybridized carbons (Fsp3) is 0. The highest BCUT2D eigenvalue weighted by molar-refractivity contribution is 8.01. The molecular formula is C48H36BO4P. The molecule has 0 aliphatic carbocycles. The summed E-state index contributed by atoms with van der Waals surface area (Å²) < 4.78 is 25.4. The third-order valence-corrected chi connectivity index (χ3v) is 14.1. The van der Waals surface area contributed by atoms with Gasteiger partial charge in [-0.2, -0.15) is 0 Å². The van der Waals surface area contributed by atoms with Crippen LogP contribution in [0.1, 0.15) is 0 Å². The monoisotopic (exact) mass is 718 g/mol. The van der Waals surface area contributed by atoms with Crippen molar-refractivity contribution in [2.45, 2.75) is 0 Å². The van der Waals surface area contributed by atoms with Crippen molar-refractivity contribution in [2.75, 3.05) is 0 Å². The molecule has 4 nitrogen and oxygen atoms in total. The highest BCUT2D eigenvalue weighted by Gasteiger charge is 2.48. The molecule has 8 aromatic rings. The molecule has 0 amide bonds. The molecule has 54 heavy (non-hydrogen) atoms. The normalized spacial score (nSPS) is 13.2. The molecule has 0 saturated heterocycles. The standard InChI is InChI=1S/C24H16BO4.C24H20P/c1-5-13-21-17(9-1)18-10-2-6-14-22(18)27-25(26-21)28-23-15-7-3-11-19(23)20-12-4-8-16-24(20)29-25;1-5-13-21(14-6-1)25(22-15-7-2-8-16-22,23-17-9-3-10-18-23)24-19-11-4-12-20-24/h1-16H;1-20H/q-1;+1. The molecule has 6 heteroatoms. The minimum Gasteiger partial charge on any atom is -0.611 e. The van der Waals surface area contributed by atoms with Crippen LogP contribution in [-0.4, -0.2) is 6.96 Å². The Kier molecular flexibility index (Phi) is 8.92. The van der Waals surface area contributed by atoms with Crippen molar-refractivity contribution in [2.24, 2.45) is 0 Å². The van der Waals surface area contributed by atoms with Gasteiger partial charge in [0, 0.05) is 22.3 Å². The second-order valence-corrected chi connectivity index (χ2v) is 16.5. The molecule has 10 rings (SSSR count). The molecule has 2 aliphatic rings. The number of para-hydroxylation sites is 4. The van der Waals surface area contributed by atoms with Crippen LogP contribution in [0.5, 0.6) is 23.0 Å². The van der Waals surface area contributed by atoms with Crippen LogP contribution in [-0.2, 0) is 0 Å². The maximum Gasteiger partial charge on any atom is 0.777 e. The molecule has 0 atom stereocenters. The van der Waals surface area contributed by atoms with Crippen molar-refractivity contribution in [1.29, 1.82) is 0 Å². The Morgan fingerprint density at radius 2 is 0.444 bits per heavy atom. The van der Waals surface area contributed by atoms with Crippen LogP contribution in [0.25, 0.3) is 22.3 Å². The smallest absolute Gasteiger partial charge is 0.611 e. The van der Waals surface area contributed by atoms with Crippen LogP contribution in [0.4, 0.5) is 0 Å². The maximum atomic E-state index is 6.36. The Morgan fingerprint density at radius 3 is 0.685 bits per heavy atom. The van der Waals surface area contributed by atoms with E-state index < -0.39 is 14.2 Å². The summed E-state index contributed by atoms with van der Waals surface area (Å²) in [5.74, 6) is 2.59. The van der Waals surface area contributed by atoms with Crippen molar-refractivity contribution in [3.63, 3.8) is 0 Å². The van der Waals surface area contributed by atoms with Crippen LogP contribution in [0.15, 0.2) is 218 Å². The van der Waals surface area contributed by atoms with E-state index in [0.717, 1.165) is 22.3 Å². The van der Waals surface area contributed by atoms with Crippen LogP contribution < -0.4 is 39.8 Å². The summed E-state index contributed by atoms with van der Waals surface area (Å²) in [6, 6.07) is 75.1. The zero-order chi connectivity index (χ0) is 36.2. The Labute approximate surface area is 316 Å². The zero-order valence-electron chi connectivity index (χ0n) is 29.4. The van der Waals surface area contributed by atoms with Gasteiger partial charge in [0.1, 0.15) is 28.5 Å². The summed E-state index contributed by atoms with van der Waals surface area (Å²) in [5.41, 5.74) is 3.72. The second-order valence-electron chi connectivity index (χ2n) is 13.0. The summed E-state index contributed by atoms with van der Waals surface area (Å²) in [7, 11) is -1.91. The molecule has 0 unspecified atom stereocenters. The molecule has 0 bridgehead atoms. The van der Waals surface area contributed by atoms with Crippen molar-refractivity contribution >= 4 is 35.4 Å². The van der Waals surface area contributed by atoms with Crippen molar-refractivity contribution < 1.29 is 18.6 Å². The number of hydrogen-bond acceptors (Lipinski definition) is 4. The van der Waals surface area contributed by atoms with E-state index in [9.17, 15) is 0 Å². The lowest BCUT2D eigenvalue weighted by Crippen LogP contribution is -2.60. The molecule has 2 heterocycles. The van der Waals surface area contributed by atoms with Gasteiger partial charge in [0.2, 0.25) is 0 Å². The van der Waals surface area contributed by atoms with Gasteiger partial charge in [-0.15, -0.1) is 0 Å². The van der Waals surface area contributed by atoms with Crippen LogP contribution in [0.3, 0.4) is 0 Å². The van der Waals surface area contributed by atoms with E-state index in [1.807, 2.05) is 97.1 Å². The molecule has 0 N–H and O–H groups in total. The Hall–Kier alpha value is -6.55. The predicted molar refractivity (Wildman–Crippen MR) is 223 cm³/mol. The zero-order valence-corrected chi connectivity index (χ0v) is 30.3.